The average molecular weight is 311 g/mol. The minimum atomic E-state index is -0.529. The summed E-state index contributed by atoms with van der Waals surface area (Å²) in [6, 6.07) is 3.71. The van der Waals surface area contributed by atoms with E-state index >= 15 is 0 Å². The van der Waals surface area contributed by atoms with Gasteiger partial charge in [0.05, 0.1) is 16.9 Å². The molecule has 1 aliphatic heterocycles. The van der Waals surface area contributed by atoms with Crippen molar-refractivity contribution in [3.8, 4) is 0 Å². The molecule has 0 fully saturated rings. The van der Waals surface area contributed by atoms with Crippen molar-refractivity contribution in [3.63, 3.8) is 0 Å². The number of rotatable bonds is 0. The van der Waals surface area contributed by atoms with E-state index in [4.69, 9.17) is 16.3 Å². The maximum atomic E-state index is 12.7. The number of amides is 1. The lowest BCUT2D eigenvalue weighted by atomic mass is 9.96. The highest BCUT2D eigenvalue weighted by atomic mass is 35.5. The van der Waals surface area contributed by atoms with Gasteiger partial charge in [-0.15, -0.1) is 0 Å². The Labute approximate surface area is 131 Å². The predicted molar refractivity (Wildman–Crippen MR) is 87.5 cm³/mol. The van der Waals surface area contributed by atoms with Crippen molar-refractivity contribution in [2.24, 2.45) is 0 Å². The number of anilines is 2. The molecule has 0 aromatic heterocycles. The number of ether oxygens (including phenoxy) is 1. The average Bonchev–Trinajstić information content (AvgIpc) is 2.26. The van der Waals surface area contributed by atoms with E-state index in [1.165, 1.54) is 0 Å². The molecule has 1 aromatic carbocycles. The van der Waals surface area contributed by atoms with Gasteiger partial charge in [0.2, 0.25) is 0 Å². The monoisotopic (exact) mass is 310 g/mol. The summed E-state index contributed by atoms with van der Waals surface area (Å²) in [6.07, 6.45) is -0.333. The zero-order valence-corrected chi connectivity index (χ0v) is 14.3. The van der Waals surface area contributed by atoms with Crippen molar-refractivity contribution in [2.45, 2.75) is 52.7 Å². The van der Waals surface area contributed by atoms with Crippen molar-refractivity contribution in [1.29, 1.82) is 0 Å². The Morgan fingerprint density at radius 2 is 2.00 bits per heavy atom. The molecular weight excluding hydrogens is 288 g/mol. The second-order valence-electron chi connectivity index (χ2n) is 7.10. The number of nitrogens with zero attached hydrogens (tertiary/aromatic N) is 1. The van der Waals surface area contributed by atoms with Crippen LogP contribution >= 0.6 is 11.6 Å². The molecule has 1 aliphatic rings. The molecule has 4 nitrogen and oxygen atoms in total. The van der Waals surface area contributed by atoms with Crippen LogP contribution < -0.4 is 10.2 Å². The Bertz CT molecular complexity index is 576. The first kappa shape index (κ1) is 16.0. The zero-order valence-electron chi connectivity index (χ0n) is 13.5. The Morgan fingerprint density at radius 3 is 2.57 bits per heavy atom. The van der Waals surface area contributed by atoms with Crippen LogP contribution in [0.15, 0.2) is 12.1 Å². The largest absolute Gasteiger partial charge is 0.443 e. The van der Waals surface area contributed by atoms with Crippen LogP contribution in [0.2, 0.25) is 5.02 Å². The van der Waals surface area contributed by atoms with Crippen LogP contribution in [0.1, 0.15) is 40.2 Å². The predicted octanol–water partition coefficient (Wildman–Crippen LogP) is 4.59. The molecule has 2 rings (SSSR count). The van der Waals surface area contributed by atoms with Gasteiger partial charge >= 0.3 is 6.09 Å². The van der Waals surface area contributed by atoms with Crippen LogP contribution in [-0.4, -0.2) is 23.8 Å². The minimum Gasteiger partial charge on any atom is -0.443 e. The lowest BCUT2D eigenvalue weighted by Crippen LogP contribution is -2.56. The fourth-order valence-corrected chi connectivity index (χ4v) is 2.78. The van der Waals surface area contributed by atoms with Gasteiger partial charge in [0, 0.05) is 11.6 Å². The topological polar surface area (TPSA) is 41.6 Å². The maximum Gasteiger partial charge on any atom is 0.415 e. The van der Waals surface area contributed by atoms with Gasteiger partial charge in [-0.25, -0.2) is 4.79 Å². The van der Waals surface area contributed by atoms with Gasteiger partial charge in [-0.05, 0) is 59.2 Å². The first-order chi connectivity index (χ1) is 9.51. The van der Waals surface area contributed by atoms with Crippen LogP contribution in [0.4, 0.5) is 16.2 Å². The normalized spacial score (nSPS) is 17.0. The second kappa shape index (κ2) is 5.09. The van der Waals surface area contributed by atoms with Gasteiger partial charge in [-0.2, -0.15) is 0 Å². The number of carbonyl (C=O) groups excluding carboxylic acids is 1. The third kappa shape index (κ3) is 3.26. The molecule has 0 spiro atoms. The number of fused-ring (bicyclic) bond motifs is 1. The van der Waals surface area contributed by atoms with Crippen LogP contribution in [-0.2, 0) is 4.74 Å². The Kier molecular flexibility index (Phi) is 3.87. The fraction of sp³-hybridized carbons (Fsp3) is 0.562. The van der Waals surface area contributed by atoms with Crippen molar-refractivity contribution in [3.05, 3.63) is 22.7 Å². The lowest BCUT2D eigenvalue weighted by Gasteiger charge is -2.44. The molecule has 5 heteroatoms. The zero-order chi connectivity index (χ0) is 16.0. The standard InChI is InChI=1S/C16H23ClN2O2/c1-10-7-11(17)8-12-13(10)19(16(5,6)9-18-12)14(20)21-15(2,3)4/h7-8,18H,9H2,1-6H3. The maximum absolute atomic E-state index is 12.7. The SMILES string of the molecule is Cc1cc(Cl)cc2c1N(C(=O)OC(C)(C)C)C(C)(C)CN2. The van der Waals surface area contributed by atoms with E-state index in [0.29, 0.717) is 11.6 Å². The number of nitrogens with one attached hydrogen (secondary N) is 1. The summed E-state index contributed by atoms with van der Waals surface area (Å²) >= 11 is 6.11. The van der Waals surface area contributed by atoms with E-state index in [-0.39, 0.29) is 11.6 Å². The van der Waals surface area contributed by atoms with Crippen molar-refractivity contribution in [2.75, 3.05) is 16.8 Å². The van der Waals surface area contributed by atoms with Crippen molar-refractivity contribution in [1.82, 2.24) is 0 Å². The summed E-state index contributed by atoms with van der Waals surface area (Å²) in [6.45, 7) is 12.2. The van der Waals surface area contributed by atoms with E-state index in [1.54, 1.807) is 4.90 Å². The Balaban J connectivity index is 2.51. The van der Waals surface area contributed by atoms with E-state index in [2.05, 4.69) is 5.32 Å². The van der Waals surface area contributed by atoms with Gasteiger partial charge in [0.1, 0.15) is 5.60 Å². The summed E-state index contributed by atoms with van der Waals surface area (Å²) in [7, 11) is 0. The van der Waals surface area contributed by atoms with Crippen molar-refractivity contribution < 1.29 is 9.53 Å². The van der Waals surface area contributed by atoms with Gasteiger partial charge in [-0.3, -0.25) is 4.90 Å². The summed E-state index contributed by atoms with van der Waals surface area (Å²) < 4.78 is 5.58. The molecule has 0 aliphatic carbocycles. The number of benzene rings is 1. The highest BCUT2D eigenvalue weighted by Crippen LogP contribution is 2.41. The van der Waals surface area contributed by atoms with Crippen LogP contribution in [0.3, 0.4) is 0 Å². The lowest BCUT2D eigenvalue weighted by molar-refractivity contribution is 0.0546. The smallest absolute Gasteiger partial charge is 0.415 e. The molecule has 0 unspecified atom stereocenters. The number of hydrogen-bond acceptors (Lipinski definition) is 3. The fourth-order valence-electron chi connectivity index (χ4n) is 2.51. The summed E-state index contributed by atoms with van der Waals surface area (Å²) in [5, 5.41) is 4.00. The molecule has 116 valence electrons. The molecule has 1 aromatic rings. The number of halogens is 1. The van der Waals surface area contributed by atoms with Crippen LogP contribution in [0.25, 0.3) is 0 Å². The molecular formula is C16H23ClN2O2. The third-order valence-corrected chi connectivity index (χ3v) is 3.60. The summed E-state index contributed by atoms with van der Waals surface area (Å²) in [5.41, 5.74) is 1.74. The van der Waals surface area contributed by atoms with Crippen molar-refractivity contribution >= 4 is 29.1 Å². The molecule has 21 heavy (non-hydrogen) atoms. The third-order valence-electron chi connectivity index (χ3n) is 3.38. The van der Waals surface area contributed by atoms with E-state index in [1.807, 2.05) is 53.7 Å². The number of carbonyl (C=O) groups is 1. The van der Waals surface area contributed by atoms with E-state index in [9.17, 15) is 4.79 Å². The van der Waals surface area contributed by atoms with Gasteiger partial charge in [0.15, 0.2) is 0 Å². The molecule has 0 saturated carbocycles. The molecule has 0 atom stereocenters. The Morgan fingerprint density at radius 1 is 1.38 bits per heavy atom. The molecule has 1 amide bonds. The number of aryl methyl sites for hydroxylation is 1. The van der Waals surface area contributed by atoms with E-state index in [0.717, 1.165) is 16.9 Å². The molecule has 0 saturated heterocycles. The minimum absolute atomic E-state index is 0.333. The first-order valence-corrected chi connectivity index (χ1v) is 7.46. The highest BCUT2D eigenvalue weighted by molar-refractivity contribution is 6.31. The summed E-state index contributed by atoms with van der Waals surface area (Å²) in [5.74, 6) is 0. The molecule has 0 bridgehead atoms. The molecule has 1 heterocycles. The van der Waals surface area contributed by atoms with Crippen LogP contribution in [0.5, 0.6) is 0 Å². The number of hydrogen-bond donors (Lipinski definition) is 1. The quantitative estimate of drug-likeness (QED) is 0.761. The van der Waals surface area contributed by atoms with Gasteiger partial charge < -0.3 is 10.1 Å². The second-order valence-corrected chi connectivity index (χ2v) is 7.54. The molecule has 0 radical (unpaired) electrons. The highest BCUT2D eigenvalue weighted by Gasteiger charge is 2.40. The van der Waals surface area contributed by atoms with Gasteiger partial charge in [-0.1, -0.05) is 11.6 Å². The first-order valence-electron chi connectivity index (χ1n) is 7.08. The molecule has 1 N–H and O–H groups in total. The summed E-state index contributed by atoms with van der Waals surface area (Å²) in [4.78, 5) is 14.4. The Hall–Kier alpha value is -1.42. The van der Waals surface area contributed by atoms with Gasteiger partial charge in [0.25, 0.3) is 0 Å². The van der Waals surface area contributed by atoms with Crippen LogP contribution in [0, 0.1) is 6.92 Å². The van der Waals surface area contributed by atoms with E-state index < -0.39 is 5.60 Å².